The van der Waals surface area contributed by atoms with Crippen molar-refractivity contribution in [3.8, 4) is 0 Å². The van der Waals surface area contributed by atoms with Crippen molar-refractivity contribution in [2.75, 3.05) is 7.05 Å². The highest BCUT2D eigenvalue weighted by atomic mass is 16.2. The van der Waals surface area contributed by atoms with Crippen molar-refractivity contribution in [3.05, 3.63) is 48.1 Å². The van der Waals surface area contributed by atoms with E-state index in [1.165, 1.54) is 0 Å². The summed E-state index contributed by atoms with van der Waals surface area (Å²) < 4.78 is 0. The standard InChI is InChI=1S/C12H16N4O/c1-4-6-7-9(5-2)8-10-14-11(16-15-10)12(17)13-3/h4-7H,1,8H2,2-3H3,(H,13,17)(H,14,15,16)/b7-6-,9-5+. The Labute approximate surface area is 100 Å². The first kappa shape index (κ1) is 12.9. The Hall–Kier alpha value is -2.17. The average Bonchev–Trinajstić information content (AvgIpc) is 2.81. The first-order valence-electron chi connectivity index (χ1n) is 5.29. The predicted octanol–water partition coefficient (Wildman–Crippen LogP) is 1.40. The van der Waals surface area contributed by atoms with E-state index in [1.807, 2.05) is 25.2 Å². The molecule has 0 aromatic carbocycles. The SMILES string of the molecule is C=C/C=C\C(=C/C)Cc1nc(C(=O)NC)n[nH]1. The van der Waals surface area contributed by atoms with E-state index in [1.54, 1.807) is 13.1 Å². The van der Waals surface area contributed by atoms with Crippen molar-refractivity contribution in [2.24, 2.45) is 0 Å². The van der Waals surface area contributed by atoms with Gasteiger partial charge in [0.1, 0.15) is 5.82 Å². The fourth-order valence-corrected chi connectivity index (χ4v) is 1.23. The van der Waals surface area contributed by atoms with Crippen LogP contribution in [0.5, 0.6) is 0 Å². The van der Waals surface area contributed by atoms with Crippen LogP contribution < -0.4 is 5.32 Å². The normalized spacial score (nSPS) is 11.8. The summed E-state index contributed by atoms with van der Waals surface area (Å²) in [5.41, 5.74) is 1.07. The van der Waals surface area contributed by atoms with Crippen LogP contribution in [0.1, 0.15) is 23.4 Å². The van der Waals surface area contributed by atoms with Gasteiger partial charge in [-0.1, -0.05) is 30.9 Å². The van der Waals surface area contributed by atoms with Crippen molar-refractivity contribution in [3.63, 3.8) is 0 Å². The van der Waals surface area contributed by atoms with Crippen LogP contribution >= 0.6 is 0 Å². The second-order valence-corrected chi connectivity index (χ2v) is 3.32. The molecule has 0 bridgehead atoms. The minimum Gasteiger partial charge on any atom is -0.352 e. The van der Waals surface area contributed by atoms with Crippen LogP contribution in [0.4, 0.5) is 0 Å². The monoisotopic (exact) mass is 232 g/mol. The Bertz CT molecular complexity index is 457. The largest absolute Gasteiger partial charge is 0.352 e. The number of rotatable bonds is 5. The zero-order valence-electron chi connectivity index (χ0n) is 10.0. The molecule has 5 nitrogen and oxygen atoms in total. The summed E-state index contributed by atoms with van der Waals surface area (Å²) in [5, 5.41) is 9.05. The van der Waals surface area contributed by atoms with Crippen LogP contribution in [-0.4, -0.2) is 28.1 Å². The number of nitrogens with one attached hydrogen (secondary N) is 2. The minimum absolute atomic E-state index is 0.158. The van der Waals surface area contributed by atoms with Gasteiger partial charge in [0.15, 0.2) is 0 Å². The van der Waals surface area contributed by atoms with Gasteiger partial charge in [-0.25, -0.2) is 4.98 Å². The fraction of sp³-hybridized carbons (Fsp3) is 0.250. The third kappa shape index (κ3) is 3.71. The molecule has 1 amide bonds. The Morgan fingerprint density at radius 3 is 2.94 bits per heavy atom. The average molecular weight is 232 g/mol. The number of hydrogen-bond acceptors (Lipinski definition) is 3. The zero-order chi connectivity index (χ0) is 12.7. The van der Waals surface area contributed by atoms with E-state index >= 15 is 0 Å². The Morgan fingerprint density at radius 2 is 2.35 bits per heavy atom. The second kappa shape index (κ2) is 6.42. The lowest BCUT2D eigenvalue weighted by molar-refractivity contribution is 0.0953. The van der Waals surface area contributed by atoms with E-state index < -0.39 is 0 Å². The molecule has 17 heavy (non-hydrogen) atoms. The number of nitrogens with zero attached hydrogens (tertiary/aromatic N) is 2. The smallest absolute Gasteiger partial charge is 0.290 e. The Balaban J connectivity index is 2.74. The van der Waals surface area contributed by atoms with E-state index in [0.29, 0.717) is 12.2 Å². The molecule has 0 radical (unpaired) electrons. The lowest BCUT2D eigenvalue weighted by Gasteiger charge is -1.96. The van der Waals surface area contributed by atoms with Crippen LogP contribution in [0.2, 0.25) is 0 Å². The van der Waals surface area contributed by atoms with Gasteiger partial charge >= 0.3 is 0 Å². The van der Waals surface area contributed by atoms with Gasteiger partial charge in [-0.05, 0) is 12.5 Å². The molecular weight excluding hydrogens is 216 g/mol. The molecule has 0 saturated heterocycles. The molecule has 90 valence electrons. The van der Waals surface area contributed by atoms with Crippen molar-refractivity contribution in [2.45, 2.75) is 13.3 Å². The van der Waals surface area contributed by atoms with Gasteiger partial charge in [0.05, 0.1) is 0 Å². The Morgan fingerprint density at radius 1 is 1.59 bits per heavy atom. The first-order chi connectivity index (χ1) is 8.21. The van der Waals surface area contributed by atoms with Gasteiger partial charge in [0.2, 0.25) is 5.82 Å². The maximum absolute atomic E-state index is 11.3. The zero-order valence-corrected chi connectivity index (χ0v) is 10.0. The van der Waals surface area contributed by atoms with Gasteiger partial charge in [0, 0.05) is 13.5 Å². The van der Waals surface area contributed by atoms with Crippen LogP contribution in [0.3, 0.4) is 0 Å². The second-order valence-electron chi connectivity index (χ2n) is 3.32. The van der Waals surface area contributed by atoms with Crippen LogP contribution in [0.15, 0.2) is 36.5 Å². The van der Waals surface area contributed by atoms with Crippen LogP contribution in [0, 0.1) is 0 Å². The molecule has 0 spiro atoms. The molecule has 0 atom stereocenters. The van der Waals surface area contributed by atoms with Gasteiger partial charge in [-0.2, -0.15) is 0 Å². The molecule has 2 N–H and O–H groups in total. The highest BCUT2D eigenvalue weighted by Crippen LogP contribution is 2.05. The van der Waals surface area contributed by atoms with E-state index in [0.717, 1.165) is 5.57 Å². The van der Waals surface area contributed by atoms with Crippen molar-refractivity contribution in [1.82, 2.24) is 20.5 Å². The van der Waals surface area contributed by atoms with E-state index in [4.69, 9.17) is 0 Å². The van der Waals surface area contributed by atoms with E-state index in [9.17, 15) is 4.79 Å². The molecule has 5 heteroatoms. The van der Waals surface area contributed by atoms with Gasteiger partial charge in [-0.3, -0.25) is 9.89 Å². The molecule has 1 heterocycles. The molecule has 0 aliphatic carbocycles. The first-order valence-corrected chi connectivity index (χ1v) is 5.29. The van der Waals surface area contributed by atoms with E-state index in [-0.39, 0.29) is 11.7 Å². The lowest BCUT2D eigenvalue weighted by Crippen LogP contribution is -2.19. The van der Waals surface area contributed by atoms with Gasteiger partial charge < -0.3 is 5.32 Å². The highest BCUT2D eigenvalue weighted by molar-refractivity contribution is 5.89. The number of allylic oxidation sites excluding steroid dienone is 5. The number of amides is 1. The number of carbonyl (C=O) groups excluding carboxylic acids is 1. The summed E-state index contributed by atoms with van der Waals surface area (Å²) in [7, 11) is 1.54. The molecule has 0 aliphatic heterocycles. The quantitative estimate of drug-likeness (QED) is 0.754. The number of hydrogen-bond donors (Lipinski definition) is 2. The molecular formula is C12H16N4O. The molecule has 0 unspecified atom stereocenters. The molecule has 0 saturated carbocycles. The number of H-pyrrole nitrogens is 1. The molecule has 0 aliphatic rings. The molecule has 0 fully saturated rings. The fourth-order valence-electron chi connectivity index (χ4n) is 1.23. The maximum Gasteiger partial charge on any atom is 0.290 e. The molecule has 1 aromatic heterocycles. The van der Waals surface area contributed by atoms with Gasteiger partial charge in [0.25, 0.3) is 5.91 Å². The van der Waals surface area contributed by atoms with Crippen LogP contribution in [-0.2, 0) is 6.42 Å². The number of carbonyl (C=O) groups is 1. The summed E-state index contributed by atoms with van der Waals surface area (Å²) in [4.78, 5) is 15.4. The van der Waals surface area contributed by atoms with Crippen molar-refractivity contribution >= 4 is 5.91 Å². The molecule has 1 aromatic rings. The summed E-state index contributed by atoms with van der Waals surface area (Å²) in [5.74, 6) is 0.521. The van der Waals surface area contributed by atoms with Gasteiger partial charge in [-0.15, -0.1) is 5.10 Å². The number of aromatic amines is 1. The maximum atomic E-state index is 11.3. The topological polar surface area (TPSA) is 70.7 Å². The number of aromatic nitrogens is 3. The van der Waals surface area contributed by atoms with Crippen molar-refractivity contribution in [1.29, 1.82) is 0 Å². The molecule has 1 rings (SSSR count). The summed E-state index contributed by atoms with van der Waals surface area (Å²) >= 11 is 0. The summed E-state index contributed by atoms with van der Waals surface area (Å²) in [6.45, 7) is 5.55. The minimum atomic E-state index is -0.295. The van der Waals surface area contributed by atoms with Crippen molar-refractivity contribution < 1.29 is 4.79 Å². The highest BCUT2D eigenvalue weighted by Gasteiger charge is 2.10. The van der Waals surface area contributed by atoms with E-state index in [2.05, 4.69) is 27.1 Å². The lowest BCUT2D eigenvalue weighted by atomic mass is 10.1. The summed E-state index contributed by atoms with van der Waals surface area (Å²) in [6, 6.07) is 0. The Kier molecular flexibility index (Phi) is 4.87. The third-order valence-corrected chi connectivity index (χ3v) is 2.15. The van der Waals surface area contributed by atoms with Crippen LogP contribution in [0.25, 0.3) is 0 Å². The predicted molar refractivity (Wildman–Crippen MR) is 66.6 cm³/mol. The summed E-state index contributed by atoms with van der Waals surface area (Å²) in [6.07, 6.45) is 8.08. The third-order valence-electron chi connectivity index (χ3n) is 2.15.